The first kappa shape index (κ1) is 12.6. The highest BCUT2D eigenvalue weighted by atomic mass is 16.6. The number of furan rings is 1. The second kappa shape index (κ2) is 4.78. The Morgan fingerprint density at radius 1 is 1.53 bits per heavy atom. The van der Waals surface area contributed by atoms with Crippen molar-refractivity contribution in [1.29, 1.82) is 0 Å². The standard InChI is InChI=1S/C9H8N4O6/c14-5-11-7(15)4-12(9(11)16)10-3-6-1-2-8(19-6)13(17)18/h1-4,14-15H,5H2. The molecule has 0 spiro atoms. The summed E-state index contributed by atoms with van der Waals surface area (Å²) < 4.78 is 6.21. The molecule has 10 heteroatoms. The Labute approximate surface area is 104 Å². The van der Waals surface area contributed by atoms with Gasteiger partial charge in [0, 0.05) is 0 Å². The second-order valence-electron chi connectivity index (χ2n) is 3.36. The highest BCUT2D eigenvalue weighted by Gasteiger charge is 2.11. The summed E-state index contributed by atoms with van der Waals surface area (Å²) >= 11 is 0. The molecule has 19 heavy (non-hydrogen) atoms. The van der Waals surface area contributed by atoms with E-state index in [9.17, 15) is 20.0 Å². The highest BCUT2D eigenvalue weighted by Crippen LogP contribution is 2.14. The maximum atomic E-state index is 11.5. The van der Waals surface area contributed by atoms with E-state index in [-0.39, 0.29) is 5.76 Å². The first-order valence-electron chi connectivity index (χ1n) is 4.93. The molecule has 0 atom stereocenters. The molecule has 2 rings (SSSR count). The van der Waals surface area contributed by atoms with Crippen LogP contribution < -0.4 is 5.69 Å². The van der Waals surface area contributed by atoms with Gasteiger partial charge in [-0.2, -0.15) is 9.78 Å². The molecule has 2 heterocycles. The van der Waals surface area contributed by atoms with Crippen LogP contribution in [0.2, 0.25) is 0 Å². The number of aliphatic hydroxyl groups excluding tert-OH is 1. The van der Waals surface area contributed by atoms with Crippen molar-refractivity contribution in [2.75, 3.05) is 0 Å². The van der Waals surface area contributed by atoms with E-state index >= 15 is 0 Å². The number of aliphatic hydroxyl groups is 1. The fraction of sp³-hybridized carbons (Fsp3) is 0.111. The van der Waals surface area contributed by atoms with Crippen molar-refractivity contribution in [1.82, 2.24) is 9.24 Å². The summed E-state index contributed by atoms with van der Waals surface area (Å²) in [6, 6.07) is 2.44. The van der Waals surface area contributed by atoms with Crippen LogP contribution in [-0.4, -0.2) is 30.6 Å². The molecule has 0 unspecified atom stereocenters. The van der Waals surface area contributed by atoms with Gasteiger partial charge in [-0.15, -0.1) is 0 Å². The molecule has 0 saturated carbocycles. The van der Waals surface area contributed by atoms with Gasteiger partial charge >= 0.3 is 11.6 Å². The van der Waals surface area contributed by atoms with E-state index in [1.807, 2.05) is 0 Å². The van der Waals surface area contributed by atoms with Gasteiger partial charge in [-0.1, -0.05) is 0 Å². The maximum absolute atomic E-state index is 11.5. The number of aromatic nitrogens is 2. The fourth-order valence-corrected chi connectivity index (χ4v) is 1.30. The van der Waals surface area contributed by atoms with Crippen molar-refractivity contribution in [2.24, 2.45) is 5.10 Å². The molecular formula is C9H8N4O6. The molecule has 2 aromatic rings. The van der Waals surface area contributed by atoms with E-state index in [1.54, 1.807) is 0 Å². The van der Waals surface area contributed by atoms with E-state index in [2.05, 4.69) is 5.10 Å². The number of nitrogens with zero attached hydrogens (tertiary/aromatic N) is 4. The Balaban J connectivity index is 2.27. The number of aromatic hydroxyl groups is 1. The van der Waals surface area contributed by atoms with Crippen LogP contribution in [-0.2, 0) is 6.73 Å². The molecule has 0 aliphatic rings. The van der Waals surface area contributed by atoms with Crippen LogP contribution in [0.1, 0.15) is 5.76 Å². The average molecular weight is 268 g/mol. The molecule has 2 aromatic heterocycles. The van der Waals surface area contributed by atoms with Crippen LogP contribution in [0.25, 0.3) is 0 Å². The summed E-state index contributed by atoms with van der Waals surface area (Å²) in [5.74, 6) is -0.852. The van der Waals surface area contributed by atoms with Crippen molar-refractivity contribution in [3.63, 3.8) is 0 Å². The monoisotopic (exact) mass is 268 g/mol. The van der Waals surface area contributed by atoms with Gasteiger partial charge in [-0.3, -0.25) is 10.1 Å². The summed E-state index contributed by atoms with van der Waals surface area (Å²) in [5.41, 5.74) is -0.766. The minimum atomic E-state index is -0.766. The lowest BCUT2D eigenvalue weighted by molar-refractivity contribution is -0.402. The van der Waals surface area contributed by atoms with Crippen LogP contribution in [0, 0.1) is 10.1 Å². The van der Waals surface area contributed by atoms with Gasteiger partial charge in [-0.25, -0.2) is 9.36 Å². The molecule has 10 nitrogen and oxygen atoms in total. The summed E-state index contributed by atoms with van der Waals surface area (Å²) in [7, 11) is 0. The number of hydrogen-bond donors (Lipinski definition) is 2. The van der Waals surface area contributed by atoms with Crippen molar-refractivity contribution in [2.45, 2.75) is 6.73 Å². The Morgan fingerprint density at radius 2 is 2.26 bits per heavy atom. The zero-order valence-electron chi connectivity index (χ0n) is 9.33. The first-order valence-corrected chi connectivity index (χ1v) is 4.93. The van der Waals surface area contributed by atoms with E-state index in [0.717, 1.165) is 23.2 Å². The van der Waals surface area contributed by atoms with Crippen molar-refractivity contribution < 1.29 is 19.6 Å². The zero-order chi connectivity index (χ0) is 14.0. The maximum Gasteiger partial charge on any atom is 0.433 e. The molecule has 2 N–H and O–H groups in total. The minimum Gasteiger partial charge on any atom is -0.493 e. The Morgan fingerprint density at radius 3 is 2.79 bits per heavy atom. The van der Waals surface area contributed by atoms with Crippen molar-refractivity contribution >= 4 is 12.1 Å². The Bertz CT molecular complexity index is 694. The summed E-state index contributed by atoms with van der Waals surface area (Å²) in [5, 5.41) is 32.1. The average Bonchev–Trinajstić information content (AvgIpc) is 2.92. The minimum absolute atomic E-state index is 0.0647. The molecule has 0 amide bonds. The third kappa shape index (κ3) is 2.37. The predicted octanol–water partition coefficient (Wildman–Crippen LogP) is -0.311. The topological polar surface area (TPSA) is 136 Å². The number of nitro groups is 1. The van der Waals surface area contributed by atoms with E-state index in [0.29, 0.717) is 4.57 Å². The van der Waals surface area contributed by atoms with Crippen LogP contribution in [0.4, 0.5) is 5.88 Å². The molecule has 0 fully saturated rings. The van der Waals surface area contributed by atoms with E-state index in [1.165, 1.54) is 6.07 Å². The third-order valence-electron chi connectivity index (χ3n) is 2.18. The molecule has 0 aliphatic carbocycles. The van der Waals surface area contributed by atoms with Gasteiger partial charge < -0.3 is 14.6 Å². The molecule has 0 bridgehead atoms. The van der Waals surface area contributed by atoms with Gasteiger partial charge in [0.25, 0.3) is 0 Å². The van der Waals surface area contributed by atoms with Crippen molar-refractivity contribution in [3.8, 4) is 5.88 Å². The lowest BCUT2D eigenvalue weighted by Gasteiger charge is -1.92. The van der Waals surface area contributed by atoms with Gasteiger partial charge in [0.2, 0.25) is 5.88 Å². The largest absolute Gasteiger partial charge is 0.493 e. The SMILES string of the molecule is O=c1n(N=Cc2ccc([N+](=O)[O-])o2)cc(O)n1CO. The molecule has 0 radical (unpaired) electrons. The number of imidazole rings is 1. The van der Waals surface area contributed by atoms with E-state index < -0.39 is 29.1 Å². The van der Waals surface area contributed by atoms with Crippen LogP contribution in [0.3, 0.4) is 0 Å². The molecular weight excluding hydrogens is 260 g/mol. The molecule has 0 aliphatic heterocycles. The van der Waals surface area contributed by atoms with Crippen molar-refractivity contribution in [3.05, 3.63) is 44.7 Å². The second-order valence-corrected chi connectivity index (χ2v) is 3.36. The quantitative estimate of drug-likeness (QED) is 0.443. The van der Waals surface area contributed by atoms with Crippen LogP contribution in [0.15, 0.2) is 32.6 Å². The number of rotatable bonds is 4. The fourth-order valence-electron chi connectivity index (χ4n) is 1.30. The predicted molar refractivity (Wildman–Crippen MR) is 60.9 cm³/mol. The Hall–Kier alpha value is -2.88. The molecule has 100 valence electrons. The zero-order valence-corrected chi connectivity index (χ0v) is 9.33. The van der Waals surface area contributed by atoms with Crippen LogP contribution >= 0.6 is 0 Å². The van der Waals surface area contributed by atoms with Gasteiger partial charge in [-0.05, 0) is 6.07 Å². The first-order chi connectivity index (χ1) is 9.02. The Kier molecular flexibility index (Phi) is 3.16. The lowest BCUT2D eigenvalue weighted by atomic mass is 10.5. The summed E-state index contributed by atoms with van der Waals surface area (Å²) in [6.07, 6.45) is 2.04. The summed E-state index contributed by atoms with van der Waals surface area (Å²) in [6.45, 7) is -0.695. The van der Waals surface area contributed by atoms with Gasteiger partial charge in [0.1, 0.15) is 11.7 Å². The van der Waals surface area contributed by atoms with Gasteiger partial charge in [0.05, 0.1) is 18.5 Å². The molecule has 0 saturated heterocycles. The van der Waals surface area contributed by atoms with Gasteiger partial charge in [0.15, 0.2) is 5.76 Å². The normalized spacial score (nSPS) is 11.2. The highest BCUT2D eigenvalue weighted by molar-refractivity contribution is 5.76. The smallest absolute Gasteiger partial charge is 0.433 e. The number of hydrogen-bond acceptors (Lipinski definition) is 7. The molecule has 0 aromatic carbocycles. The lowest BCUT2D eigenvalue weighted by Crippen LogP contribution is -2.21. The van der Waals surface area contributed by atoms with Crippen LogP contribution in [0.5, 0.6) is 5.88 Å². The summed E-state index contributed by atoms with van der Waals surface area (Å²) in [4.78, 5) is 21.2. The third-order valence-corrected chi connectivity index (χ3v) is 2.18. The van der Waals surface area contributed by atoms with E-state index in [4.69, 9.17) is 9.52 Å².